The van der Waals surface area contributed by atoms with Gasteiger partial charge in [-0.25, -0.2) is 4.79 Å². The maximum Gasteiger partial charge on any atom is 0.371 e. The van der Waals surface area contributed by atoms with Crippen LogP contribution in [0.5, 0.6) is 0 Å². The van der Waals surface area contributed by atoms with Crippen LogP contribution in [-0.2, 0) is 13.1 Å². The highest BCUT2D eigenvalue weighted by Gasteiger charge is 2.10. The summed E-state index contributed by atoms with van der Waals surface area (Å²) in [4.78, 5) is 12.8. The molecular formula is C14H14BrNO3. The zero-order valence-electron chi connectivity index (χ0n) is 10.5. The zero-order chi connectivity index (χ0) is 13.8. The second kappa shape index (κ2) is 6.04. The molecule has 19 heavy (non-hydrogen) atoms. The molecule has 0 atom stereocenters. The fourth-order valence-electron chi connectivity index (χ4n) is 1.80. The van der Waals surface area contributed by atoms with Crippen molar-refractivity contribution in [3.63, 3.8) is 0 Å². The van der Waals surface area contributed by atoms with E-state index >= 15 is 0 Å². The molecule has 0 bridgehead atoms. The molecule has 0 saturated heterocycles. The second-order valence-corrected chi connectivity index (χ2v) is 5.29. The van der Waals surface area contributed by atoms with E-state index in [2.05, 4.69) is 20.8 Å². The maximum absolute atomic E-state index is 10.7. The van der Waals surface area contributed by atoms with Crippen LogP contribution in [0.15, 0.2) is 45.3 Å². The van der Waals surface area contributed by atoms with Gasteiger partial charge in [-0.3, -0.25) is 4.90 Å². The van der Waals surface area contributed by atoms with Gasteiger partial charge in [0.25, 0.3) is 0 Å². The highest BCUT2D eigenvalue weighted by Crippen LogP contribution is 2.14. The Bertz CT molecular complexity index is 562. The largest absolute Gasteiger partial charge is 0.475 e. The Hall–Kier alpha value is -1.59. The molecule has 1 N–H and O–H groups in total. The number of hydrogen-bond donors (Lipinski definition) is 1. The first-order valence-corrected chi connectivity index (χ1v) is 6.59. The normalized spacial score (nSPS) is 10.9. The monoisotopic (exact) mass is 323 g/mol. The topological polar surface area (TPSA) is 53.7 Å². The van der Waals surface area contributed by atoms with Crippen molar-refractivity contribution in [1.29, 1.82) is 0 Å². The van der Waals surface area contributed by atoms with E-state index in [4.69, 9.17) is 9.52 Å². The van der Waals surface area contributed by atoms with Gasteiger partial charge in [-0.2, -0.15) is 0 Å². The number of hydrogen-bond acceptors (Lipinski definition) is 3. The van der Waals surface area contributed by atoms with E-state index in [-0.39, 0.29) is 5.76 Å². The van der Waals surface area contributed by atoms with Gasteiger partial charge < -0.3 is 9.52 Å². The Kier molecular flexibility index (Phi) is 4.39. The summed E-state index contributed by atoms with van der Waals surface area (Å²) in [6.07, 6.45) is 0. The van der Waals surface area contributed by atoms with Crippen molar-refractivity contribution in [3.05, 3.63) is 58.0 Å². The summed E-state index contributed by atoms with van der Waals surface area (Å²) in [5, 5.41) is 8.78. The molecule has 2 aromatic rings. The predicted octanol–water partition coefficient (Wildman–Crippen LogP) is 3.37. The van der Waals surface area contributed by atoms with Crippen molar-refractivity contribution < 1.29 is 14.3 Å². The molecule has 0 saturated carbocycles. The Morgan fingerprint density at radius 2 is 1.89 bits per heavy atom. The number of furan rings is 1. The van der Waals surface area contributed by atoms with Crippen LogP contribution in [0.4, 0.5) is 0 Å². The van der Waals surface area contributed by atoms with Gasteiger partial charge in [0.1, 0.15) is 5.76 Å². The van der Waals surface area contributed by atoms with Crippen molar-refractivity contribution >= 4 is 21.9 Å². The van der Waals surface area contributed by atoms with E-state index in [0.29, 0.717) is 12.3 Å². The molecule has 100 valence electrons. The fraction of sp³-hybridized carbons (Fsp3) is 0.214. The van der Waals surface area contributed by atoms with Crippen molar-refractivity contribution in [2.24, 2.45) is 0 Å². The third kappa shape index (κ3) is 3.94. The summed E-state index contributed by atoms with van der Waals surface area (Å²) in [5.41, 5.74) is 1.19. The lowest BCUT2D eigenvalue weighted by Gasteiger charge is -2.15. The molecule has 0 unspecified atom stereocenters. The Labute approximate surface area is 119 Å². The van der Waals surface area contributed by atoms with Crippen LogP contribution in [0, 0.1) is 0 Å². The minimum atomic E-state index is -1.04. The zero-order valence-corrected chi connectivity index (χ0v) is 12.1. The minimum Gasteiger partial charge on any atom is -0.475 e. The summed E-state index contributed by atoms with van der Waals surface area (Å²) in [7, 11) is 1.96. The lowest BCUT2D eigenvalue weighted by molar-refractivity contribution is 0.0658. The summed E-state index contributed by atoms with van der Waals surface area (Å²) < 4.78 is 6.28. The summed E-state index contributed by atoms with van der Waals surface area (Å²) in [5.74, 6) is -0.411. The van der Waals surface area contributed by atoms with E-state index < -0.39 is 5.97 Å². The van der Waals surface area contributed by atoms with Gasteiger partial charge in [-0.15, -0.1) is 0 Å². The highest BCUT2D eigenvalue weighted by atomic mass is 79.9. The van der Waals surface area contributed by atoms with Gasteiger partial charge in [0.15, 0.2) is 0 Å². The number of halogens is 1. The maximum atomic E-state index is 10.7. The van der Waals surface area contributed by atoms with E-state index in [1.165, 1.54) is 11.6 Å². The summed E-state index contributed by atoms with van der Waals surface area (Å²) in [6.45, 7) is 1.35. The quantitative estimate of drug-likeness (QED) is 0.916. The lowest BCUT2D eigenvalue weighted by Crippen LogP contribution is -2.16. The fourth-order valence-corrected chi connectivity index (χ4v) is 2.07. The summed E-state index contributed by atoms with van der Waals surface area (Å²) >= 11 is 3.40. The molecule has 1 aromatic heterocycles. The molecule has 5 heteroatoms. The van der Waals surface area contributed by atoms with Gasteiger partial charge in [0.2, 0.25) is 5.76 Å². The molecule has 2 rings (SSSR count). The molecule has 4 nitrogen and oxygen atoms in total. The van der Waals surface area contributed by atoms with E-state index in [0.717, 1.165) is 11.0 Å². The van der Waals surface area contributed by atoms with Gasteiger partial charge in [-0.1, -0.05) is 28.1 Å². The SMILES string of the molecule is CN(Cc1ccc(Br)cc1)Cc1ccc(C(=O)O)o1. The average molecular weight is 324 g/mol. The van der Waals surface area contributed by atoms with Crippen LogP contribution < -0.4 is 0 Å². The third-order valence-corrected chi connectivity index (χ3v) is 3.19. The predicted molar refractivity (Wildman–Crippen MR) is 75.0 cm³/mol. The minimum absolute atomic E-state index is 0.0213. The number of carboxylic acid groups (broad SMARTS) is 1. The van der Waals surface area contributed by atoms with Crippen LogP contribution in [-0.4, -0.2) is 23.0 Å². The Morgan fingerprint density at radius 3 is 2.47 bits per heavy atom. The van der Waals surface area contributed by atoms with Crippen LogP contribution in [0.2, 0.25) is 0 Å². The van der Waals surface area contributed by atoms with Crippen molar-refractivity contribution in [2.75, 3.05) is 7.05 Å². The van der Waals surface area contributed by atoms with Gasteiger partial charge in [0.05, 0.1) is 6.54 Å². The number of nitrogens with zero attached hydrogens (tertiary/aromatic N) is 1. The molecule has 0 radical (unpaired) electrons. The Balaban J connectivity index is 1.94. The molecule has 1 aromatic carbocycles. The smallest absolute Gasteiger partial charge is 0.371 e. The van der Waals surface area contributed by atoms with Crippen molar-refractivity contribution in [2.45, 2.75) is 13.1 Å². The average Bonchev–Trinajstić information content (AvgIpc) is 2.80. The number of aromatic carboxylic acids is 1. The molecule has 1 heterocycles. The number of carboxylic acids is 1. The molecule has 0 aliphatic heterocycles. The highest BCUT2D eigenvalue weighted by molar-refractivity contribution is 9.10. The van der Waals surface area contributed by atoms with Gasteiger partial charge in [0, 0.05) is 11.0 Å². The third-order valence-electron chi connectivity index (χ3n) is 2.66. The lowest BCUT2D eigenvalue weighted by atomic mass is 10.2. The van der Waals surface area contributed by atoms with Crippen molar-refractivity contribution in [1.82, 2.24) is 4.90 Å². The van der Waals surface area contributed by atoms with Crippen LogP contribution in [0.3, 0.4) is 0 Å². The molecule has 0 fully saturated rings. The number of carbonyl (C=O) groups is 1. The van der Waals surface area contributed by atoms with Crippen LogP contribution in [0.25, 0.3) is 0 Å². The first kappa shape index (κ1) is 13.8. The van der Waals surface area contributed by atoms with E-state index in [1.807, 2.05) is 31.3 Å². The molecule has 0 aliphatic rings. The van der Waals surface area contributed by atoms with Gasteiger partial charge >= 0.3 is 5.97 Å². The Morgan fingerprint density at radius 1 is 1.21 bits per heavy atom. The standard InChI is InChI=1S/C14H14BrNO3/c1-16(8-10-2-4-11(15)5-3-10)9-12-6-7-13(19-12)14(17)18/h2-7H,8-9H2,1H3,(H,17,18). The van der Waals surface area contributed by atoms with Crippen molar-refractivity contribution in [3.8, 4) is 0 Å². The molecule has 0 spiro atoms. The second-order valence-electron chi connectivity index (χ2n) is 4.37. The van der Waals surface area contributed by atoms with E-state index in [9.17, 15) is 4.79 Å². The summed E-state index contributed by atoms with van der Waals surface area (Å²) in [6, 6.07) is 11.3. The molecular weight excluding hydrogens is 310 g/mol. The van der Waals surface area contributed by atoms with E-state index in [1.54, 1.807) is 6.07 Å². The first-order valence-electron chi connectivity index (χ1n) is 5.79. The first-order chi connectivity index (χ1) is 9.04. The van der Waals surface area contributed by atoms with Gasteiger partial charge in [-0.05, 0) is 36.9 Å². The van der Waals surface area contributed by atoms with Crippen LogP contribution in [0.1, 0.15) is 21.9 Å². The van der Waals surface area contributed by atoms with Crippen LogP contribution >= 0.6 is 15.9 Å². The molecule has 0 aliphatic carbocycles. The molecule has 0 amide bonds. The number of rotatable bonds is 5. The number of benzene rings is 1.